The van der Waals surface area contributed by atoms with Gasteiger partial charge in [0.2, 0.25) is 0 Å². The molecule has 232 valence electrons. The van der Waals surface area contributed by atoms with Crippen molar-refractivity contribution in [3.63, 3.8) is 0 Å². The molecule has 5 aromatic carbocycles. The summed E-state index contributed by atoms with van der Waals surface area (Å²) in [6, 6.07) is 36.2. The van der Waals surface area contributed by atoms with Crippen molar-refractivity contribution in [2.45, 2.75) is 52.4 Å². The first-order valence-corrected chi connectivity index (χ1v) is 17.0. The first kappa shape index (κ1) is 29.4. The summed E-state index contributed by atoms with van der Waals surface area (Å²) in [6.07, 6.45) is 1.88. The van der Waals surface area contributed by atoms with Crippen LogP contribution in [0.4, 0.5) is 0 Å². The molecule has 0 amide bonds. The predicted octanol–water partition coefficient (Wildman–Crippen LogP) is 11.6. The lowest BCUT2D eigenvalue weighted by Crippen LogP contribution is -2.17. The summed E-state index contributed by atoms with van der Waals surface area (Å²) < 4.78 is 4.64. The Hall–Kier alpha value is -5.00. The zero-order chi connectivity index (χ0) is 32.7. The molecule has 0 bridgehead atoms. The van der Waals surface area contributed by atoms with E-state index in [1.807, 2.05) is 18.3 Å². The normalized spacial score (nSPS) is 12.6. The van der Waals surface area contributed by atoms with Crippen LogP contribution in [0.2, 0.25) is 0 Å². The van der Waals surface area contributed by atoms with Crippen molar-refractivity contribution < 1.29 is 5.11 Å². The van der Waals surface area contributed by atoms with Crippen LogP contribution in [0.15, 0.2) is 109 Å². The number of hydrogen-bond donors (Lipinski definition) is 1. The Bertz CT molecular complexity index is 2490. The van der Waals surface area contributed by atoms with E-state index < -0.39 is 0 Å². The number of nitrogens with zero attached hydrogens (tertiary/aromatic N) is 3. The van der Waals surface area contributed by atoms with Crippen molar-refractivity contribution in [3.05, 3.63) is 120 Å². The SMILES string of the molecule is CC(C)(C)c1cc(-c2nc3c(-c4cc5c6ncccc6sc5c5ccccc45)cccc3n2-c2ccccc2)c(O)c(C(C)(C)C)c1. The van der Waals surface area contributed by atoms with Gasteiger partial charge in [-0.1, -0.05) is 102 Å². The van der Waals surface area contributed by atoms with Crippen molar-refractivity contribution in [1.29, 1.82) is 0 Å². The lowest BCUT2D eigenvalue weighted by molar-refractivity contribution is 0.446. The summed E-state index contributed by atoms with van der Waals surface area (Å²) in [7, 11) is 0. The minimum Gasteiger partial charge on any atom is -0.507 e. The van der Waals surface area contributed by atoms with Crippen molar-refractivity contribution in [3.8, 4) is 34.0 Å². The molecule has 0 saturated carbocycles. The summed E-state index contributed by atoms with van der Waals surface area (Å²) in [4.78, 5) is 10.3. The van der Waals surface area contributed by atoms with Gasteiger partial charge in [-0.25, -0.2) is 4.98 Å². The zero-order valence-electron chi connectivity index (χ0n) is 27.6. The Kier molecular flexibility index (Phi) is 6.58. The highest BCUT2D eigenvalue weighted by molar-refractivity contribution is 7.26. The molecule has 0 aliphatic rings. The van der Waals surface area contributed by atoms with Gasteiger partial charge in [-0.3, -0.25) is 9.55 Å². The van der Waals surface area contributed by atoms with Crippen LogP contribution in [-0.2, 0) is 10.8 Å². The van der Waals surface area contributed by atoms with Crippen LogP contribution in [0.3, 0.4) is 0 Å². The maximum atomic E-state index is 12.0. The van der Waals surface area contributed by atoms with Gasteiger partial charge in [0.05, 0.1) is 26.8 Å². The van der Waals surface area contributed by atoms with Gasteiger partial charge < -0.3 is 5.11 Å². The van der Waals surface area contributed by atoms with Gasteiger partial charge >= 0.3 is 0 Å². The smallest absolute Gasteiger partial charge is 0.149 e. The molecule has 0 saturated heterocycles. The lowest BCUT2D eigenvalue weighted by Gasteiger charge is -2.27. The number of hydrogen-bond acceptors (Lipinski definition) is 4. The second-order valence-electron chi connectivity index (χ2n) is 14.5. The van der Waals surface area contributed by atoms with Crippen molar-refractivity contribution >= 4 is 53.4 Å². The third kappa shape index (κ3) is 4.72. The van der Waals surface area contributed by atoms with Crippen molar-refractivity contribution in [2.24, 2.45) is 0 Å². The third-order valence-corrected chi connectivity index (χ3v) is 10.4. The number of para-hydroxylation sites is 2. The van der Waals surface area contributed by atoms with E-state index in [-0.39, 0.29) is 16.6 Å². The number of phenolic OH excluding ortho intramolecular Hbond substituents is 1. The maximum Gasteiger partial charge on any atom is 0.149 e. The van der Waals surface area contributed by atoms with Crippen LogP contribution in [-0.4, -0.2) is 19.6 Å². The maximum absolute atomic E-state index is 12.0. The Morgan fingerprint density at radius 1 is 0.638 bits per heavy atom. The van der Waals surface area contributed by atoms with E-state index in [1.165, 1.54) is 20.2 Å². The Labute approximate surface area is 279 Å². The molecule has 0 fully saturated rings. The van der Waals surface area contributed by atoms with Crippen LogP contribution in [0.5, 0.6) is 5.75 Å². The number of benzene rings is 5. The highest BCUT2D eigenvalue weighted by Gasteiger charge is 2.28. The fraction of sp³-hybridized carbons (Fsp3) is 0.190. The molecule has 4 nitrogen and oxygen atoms in total. The average molecular weight is 632 g/mol. The third-order valence-electron chi connectivity index (χ3n) is 9.25. The minimum atomic E-state index is -0.263. The molecule has 0 radical (unpaired) electrons. The molecular weight excluding hydrogens is 595 g/mol. The number of imidazole rings is 1. The molecule has 0 spiro atoms. The number of rotatable bonds is 3. The highest BCUT2D eigenvalue weighted by Crippen LogP contribution is 2.46. The second kappa shape index (κ2) is 10.5. The number of aromatic nitrogens is 3. The second-order valence-corrected chi connectivity index (χ2v) is 15.6. The number of thiophene rings is 1. The highest BCUT2D eigenvalue weighted by atomic mass is 32.1. The standard InChI is InChI=1S/C42H37N3OS/c1-41(2,3)25-22-32(38(46)33(23-25)42(4,5)6)40-44-36-28(18-12-19-34(36)45(40)26-14-8-7-9-15-26)30-24-31-37-35(20-13-21-43-37)47-39(31)29-17-11-10-16-27(29)30/h7-24,46H,1-6H3. The van der Waals surface area contributed by atoms with Crippen LogP contribution in [0, 0.1) is 0 Å². The van der Waals surface area contributed by atoms with Crippen LogP contribution < -0.4 is 0 Å². The number of fused-ring (bicyclic) bond motifs is 6. The topological polar surface area (TPSA) is 50.9 Å². The van der Waals surface area contributed by atoms with Gasteiger partial charge in [0.25, 0.3) is 0 Å². The van der Waals surface area contributed by atoms with Crippen molar-refractivity contribution in [1.82, 2.24) is 14.5 Å². The minimum absolute atomic E-state index is 0.122. The predicted molar refractivity (Wildman–Crippen MR) is 199 cm³/mol. The van der Waals surface area contributed by atoms with Crippen LogP contribution in [0.25, 0.3) is 70.3 Å². The van der Waals surface area contributed by atoms with Crippen LogP contribution >= 0.6 is 11.3 Å². The monoisotopic (exact) mass is 631 g/mol. The van der Waals surface area contributed by atoms with Gasteiger partial charge in [-0.15, -0.1) is 11.3 Å². The Balaban J connectivity index is 1.50. The van der Waals surface area contributed by atoms with E-state index in [1.54, 1.807) is 11.3 Å². The molecular formula is C42H37N3OS. The summed E-state index contributed by atoms with van der Waals surface area (Å²) in [6.45, 7) is 13.1. The lowest BCUT2D eigenvalue weighted by atomic mass is 9.79. The first-order valence-electron chi connectivity index (χ1n) is 16.2. The van der Waals surface area contributed by atoms with E-state index in [9.17, 15) is 5.11 Å². The molecule has 47 heavy (non-hydrogen) atoms. The number of aromatic hydroxyl groups is 1. The van der Waals surface area contributed by atoms with Gasteiger partial charge in [-0.05, 0) is 69.8 Å². The van der Waals surface area contributed by atoms with E-state index in [0.29, 0.717) is 0 Å². The summed E-state index contributed by atoms with van der Waals surface area (Å²) >= 11 is 1.80. The first-order chi connectivity index (χ1) is 22.5. The summed E-state index contributed by atoms with van der Waals surface area (Å²) in [5.41, 5.74) is 8.50. The molecule has 0 unspecified atom stereocenters. The van der Waals surface area contributed by atoms with Gasteiger partial charge in [0.1, 0.15) is 11.6 Å². The van der Waals surface area contributed by atoms with Crippen molar-refractivity contribution in [2.75, 3.05) is 0 Å². The largest absolute Gasteiger partial charge is 0.507 e. The number of phenols is 1. The fourth-order valence-electron chi connectivity index (χ4n) is 6.79. The molecule has 5 heteroatoms. The molecule has 3 heterocycles. The fourth-order valence-corrected chi connectivity index (χ4v) is 7.97. The van der Waals surface area contributed by atoms with E-state index in [0.717, 1.165) is 61.3 Å². The van der Waals surface area contributed by atoms with E-state index in [2.05, 4.69) is 137 Å². The quantitative estimate of drug-likeness (QED) is 0.211. The number of pyridine rings is 1. The van der Waals surface area contributed by atoms with E-state index in [4.69, 9.17) is 9.97 Å². The molecule has 1 N–H and O–H groups in total. The van der Waals surface area contributed by atoms with Gasteiger partial charge in [0, 0.05) is 38.5 Å². The van der Waals surface area contributed by atoms with Gasteiger partial charge in [0.15, 0.2) is 0 Å². The van der Waals surface area contributed by atoms with Crippen LogP contribution in [0.1, 0.15) is 52.7 Å². The molecule has 0 atom stereocenters. The van der Waals surface area contributed by atoms with Gasteiger partial charge in [-0.2, -0.15) is 0 Å². The Morgan fingerprint density at radius 2 is 1.38 bits per heavy atom. The van der Waals surface area contributed by atoms with E-state index >= 15 is 0 Å². The summed E-state index contributed by atoms with van der Waals surface area (Å²) in [5, 5.41) is 15.6. The Morgan fingerprint density at radius 3 is 2.13 bits per heavy atom. The molecule has 0 aliphatic heterocycles. The molecule has 8 aromatic rings. The summed E-state index contributed by atoms with van der Waals surface area (Å²) in [5.74, 6) is 1.00. The zero-order valence-corrected chi connectivity index (χ0v) is 28.4. The molecule has 8 rings (SSSR count). The average Bonchev–Trinajstić information content (AvgIpc) is 3.63. The molecule has 0 aliphatic carbocycles. The molecule has 3 aromatic heterocycles.